The quantitative estimate of drug-likeness (QED) is 0.0440. The maximum absolute atomic E-state index is 13.8. The predicted octanol–water partition coefficient (Wildman–Crippen LogP) is 20.7. The summed E-state index contributed by atoms with van der Waals surface area (Å²) in [4.78, 5) is 40.7. The maximum Gasteiger partial charge on any atom is 0.343 e. The number of carbonyl (C=O) groups is 2. The van der Waals surface area contributed by atoms with Crippen LogP contribution in [-0.2, 0) is 0 Å². The topological polar surface area (TPSA) is 109 Å². The monoisotopic (exact) mass is 1080 g/mol. The molecule has 0 aliphatic rings. The molecule has 0 saturated carbocycles. The van der Waals surface area contributed by atoms with Crippen LogP contribution >= 0.6 is 0 Å². The van der Waals surface area contributed by atoms with E-state index in [9.17, 15) is 14.4 Å². The molecule has 3 aromatic carbocycles. The number of hydrogen-bond acceptors (Lipinski definition) is 8. The first kappa shape index (κ1) is 67.7. The summed E-state index contributed by atoms with van der Waals surface area (Å²) >= 11 is 0. The molecule has 3 aromatic rings. The minimum absolute atomic E-state index is 0.152. The number of rotatable bonds is 52. The molecular formula is C69H111NO8. The van der Waals surface area contributed by atoms with E-state index in [1.807, 2.05) is 6.07 Å². The van der Waals surface area contributed by atoms with Crippen LogP contribution in [0.15, 0.2) is 65.5 Å². The summed E-state index contributed by atoms with van der Waals surface area (Å²) < 4.78 is 30.9. The summed E-state index contributed by atoms with van der Waals surface area (Å²) in [6.07, 6.45) is 49.7. The second-order valence-electron chi connectivity index (χ2n) is 22.1. The zero-order valence-corrected chi connectivity index (χ0v) is 50.2. The molecule has 0 fully saturated rings. The van der Waals surface area contributed by atoms with Crippen LogP contribution in [-0.4, -0.2) is 38.3 Å². The Labute approximate surface area is 475 Å². The second-order valence-corrected chi connectivity index (χ2v) is 22.1. The van der Waals surface area contributed by atoms with Crippen molar-refractivity contribution in [2.75, 3.05) is 31.7 Å². The molecule has 1 amide bonds. The zero-order chi connectivity index (χ0) is 55.8. The third-order valence-electron chi connectivity index (χ3n) is 14.9. The first-order valence-electron chi connectivity index (χ1n) is 32.4. The Kier molecular flexibility index (Phi) is 41.1. The number of benzene rings is 2. The fraction of sp³-hybridized carbons (Fsp3) is 0.696. The fourth-order valence-electron chi connectivity index (χ4n) is 9.92. The molecular weight excluding hydrogens is 971 g/mol. The Morgan fingerprint density at radius 2 is 0.603 bits per heavy atom. The van der Waals surface area contributed by atoms with Gasteiger partial charge in [0.1, 0.15) is 0 Å². The Morgan fingerprint density at radius 3 is 0.962 bits per heavy atom. The van der Waals surface area contributed by atoms with Crippen molar-refractivity contribution in [3.05, 3.63) is 82.0 Å². The van der Waals surface area contributed by atoms with Gasteiger partial charge in [0.25, 0.3) is 5.91 Å². The Balaban J connectivity index is 1.62. The van der Waals surface area contributed by atoms with Crippen molar-refractivity contribution in [1.82, 2.24) is 0 Å². The summed E-state index contributed by atoms with van der Waals surface area (Å²) in [6, 6.07) is 16.2. The highest BCUT2D eigenvalue weighted by Crippen LogP contribution is 2.32. The van der Waals surface area contributed by atoms with Crippen LogP contribution in [0.5, 0.6) is 28.7 Å². The molecule has 440 valence electrons. The number of amides is 1. The predicted molar refractivity (Wildman–Crippen MR) is 328 cm³/mol. The lowest BCUT2D eigenvalue weighted by molar-refractivity contribution is 0.0732. The molecule has 9 heteroatoms. The molecule has 0 aliphatic carbocycles. The van der Waals surface area contributed by atoms with E-state index in [-0.39, 0.29) is 17.2 Å². The Hall–Kier alpha value is -4.53. The van der Waals surface area contributed by atoms with E-state index >= 15 is 0 Å². The molecule has 9 nitrogen and oxygen atoms in total. The van der Waals surface area contributed by atoms with Gasteiger partial charge in [-0.2, -0.15) is 0 Å². The van der Waals surface area contributed by atoms with E-state index in [2.05, 4.69) is 33.0 Å². The summed E-state index contributed by atoms with van der Waals surface area (Å²) in [5.41, 5.74) is 0.535. The third kappa shape index (κ3) is 33.2. The van der Waals surface area contributed by atoms with E-state index in [4.69, 9.17) is 23.7 Å². The van der Waals surface area contributed by atoms with Gasteiger partial charge in [0.2, 0.25) is 5.43 Å². The van der Waals surface area contributed by atoms with Crippen LogP contribution in [0.1, 0.15) is 305 Å². The average Bonchev–Trinajstić information content (AvgIpc) is 3.62. The van der Waals surface area contributed by atoms with Gasteiger partial charge in [-0.3, -0.25) is 9.59 Å². The van der Waals surface area contributed by atoms with Crippen LogP contribution in [0.25, 0.3) is 0 Å². The summed E-state index contributed by atoms with van der Waals surface area (Å²) in [5, 5.41) is 2.92. The van der Waals surface area contributed by atoms with Gasteiger partial charge in [0.05, 0.1) is 32.0 Å². The number of ether oxygens (including phenoxy) is 5. The molecule has 1 N–H and O–H groups in total. The molecule has 0 atom stereocenters. The normalized spacial score (nSPS) is 11.2. The summed E-state index contributed by atoms with van der Waals surface area (Å²) in [6.45, 7) is 11.3. The lowest BCUT2D eigenvalue weighted by Crippen LogP contribution is -2.13. The minimum atomic E-state index is -0.685. The Morgan fingerprint density at radius 1 is 0.321 bits per heavy atom. The molecule has 0 radical (unpaired) electrons. The SMILES string of the molecule is CCCCCCCCCCCCOc1ccc(C(=O)Nc2ccc(OC(=O)c3ccc(OCCCCCCCCCCCC)c(OCCCCCCCCCCCC)c3)c(=O)cc2)cc1OCCCCCCCCCCCC. The number of carbonyl (C=O) groups excluding carboxylic acids is 2. The van der Waals surface area contributed by atoms with Crippen LogP contribution in [0.2, 0.25) is 0 Å². The van der Waals surface area contributed by atoms with Crippen molar-refractivity contribution >= 4 is 17.6 Å². The standard InChI is InChI=1S/C69H111NO8/c1-5-9-13-17-21-25-29-33-37-41-53-74-64-50-45-59(57-66(64)76-55-43-39-35-31-27-23-19-15-11-7-3)68(72)70-61-47-49-62(71)63(52-48-61)78-69(73)60-46-51-65(75-54-42-38-34-30-26-22-18-14-10-6-2)67(58-60)77-56-44-40-36-32-28-24-20-16-12-8-4/h45-52,57-58H,5-44,53-56H2,1-4H3,(H,70,72). The summed E-state index contributed by atoms with van der Waals surface area (Å²) in [5.74, 6) is 1.10. The highest BCUT2D eigenvalue weighted by molar-refractivity contribution is 6.04. The maximum atomic E-state index is 13.8. The first-order chi connectivity index (χ1) is 38.4. The van der Waals surface area contributed by atoms with Crippen molar-refractivity contribution in [1.29, 1.82) is 0 Å². The van der Waals surface area contributed by atoms with Gasteiger partial charge in [-0.1, -0.05) is 259 Å². The first-order valence-corrected chi connectivity index (χ1v) is 32.4. The highest BCUT2D eigenvalue weighted by atomic mass is 16.5. The lowest BCUT2D eigenvalue weighted by Gasteiger charge is -2.14. The lowest BCUT2D eigenvalue weighted by atomic mass is 10.1. The second kappa shape index (κ2) is 47.3. The zero-order valence-electron chi connectivity index (χ0n) is 50.2. The number of unbranched alkanes of at least 4 members (excludes halogenated alkanes) is 36. The number of esters is 1. The molecule has 0 aliphatic heterocycles. The van der Waals surface area contributed by atoms with Gasteiger partial charge in [0, 0.05) is 11.3 Å². The van der Waals surface area contributed by atoms with E-state index in [1.54, 1.807) is 36.4 Å². The smallest absolute Gasteiger partial charge is 0.343 e. The van der Waals surface area contributed by atoms with Crippen LogP contribution in [0, 0.1) is 0 Å². The molecule has 0 heterocycles. The number of hydrogen-bond donors (Lipinski definition) is 1. The van der Waals surface area contributed by atoms with E-state index in [1.165, 1.54) is 224 Å². The minimum Gasteiger partial charge on any atom is -0.490 e. The molecule has 3 rings (SSSR count). The van der Waals surface area contributed by atoms with Crippen molar-refractivity contribution in [2.45, 2.75) is 285 Å². The Bertz CT molecular complexity index is 2020. The van der Waals surface area contributed by atoms with Crippen molar-refractivity contribution in [3.8, 4) is 28.7 Å². The molecule has 0 spiro atoms. The van der Waals surface area contributed by atoms with Gasteiger partial charge in [-0.25, -0.2) is 4.79 Å². The van der Waals surface area contributed by atoms with E-state index in [0.717, 1.165) is 51.4 Å². The third-order valence-corrected chi connectivity index (χ3v) is 14.9. The van der Waals surface area contributed by atoms with Gasteiger partial charge < -0.3 is 29.0 Å². The van der Waals surface area contributed by atoms with Crippen LogP contribution < -0.4 is 34.4 Å². The van der Waals surface area contributed by atoms with Gasteiger partial charge >= 0.3 is 5.97 Å². The van der Waals surface area contributed by atoms with Gasteiger partial charge in [0.15, 0.2) is 28.7 Å². The number of anilines is 1. The highest BCUT2D eigenvalue weighted by Gasteiger charge is 2.17. The van der Waals surface area contributed by atoms with E-state index < -0.39 is 11.4 Å². The van der Waals surface area contributed by atoms with Crippen molar-refractivity contribution in [3.63, 3.8) is 0 Å². The van der Waals surface area contributed by atoms with Crippen LogP contribution in [0.3, 0.4) is 0 Å². The number of nitrogens with one attached hydrogen (secondary N) is 1. The molecule has 78 heavy (non-hydrogen) atoms. The van der Waals surface area contributed by atoms with Gasteiger partial charge in [-0.15, -0.1) is 0 Å². The van der Waals surface area contributed by atoms with Crippen molar-refractivity contribution in [2.24, 2.45) is 0 Å². The molecule has 0 aromatic heterocycles. The van der Waals surface area contributed by atoms with Crippen molar-refractivity contribution < 1.29 is 33.3 Å². The average molecular weight is 1080 g/mol. The van der Waals surface area contributed by atoms with Gasteiger partial charge in [-0.05, 0) is 86.3 Å². The molecule has 0 bridgehead atoms. The largest absolute Gasteiger partial charge is 0.490 e. The van der Waals surface area contributed by atoms with E-state index in [0.29, 0.717) is 60.7 Å². The fourth-order valence-corrected chi connectivity index (χ4v) is 9.92. The molecule has 0 saturated heterocycles. The molecule has 0 unspecified atom stereocenters. The van der Waals surface area contributed by atoms with Crippen LogP contribution in [0.4, 0.5) is 5.69 Å². The summed E-state index contributed by atoms with van der Waals surface area (Å²) in [7, 11) is 0.